The van der Waals surface area contributed by atoms with Crippen LogP contribution in [-0.2, 0) is 9.59 Å². The normalized spacial score (nSPS) is 24.3. The van der Waals surface area contributed by atoms with Gasteiger partial charge < -0.3 is 10.4 Å². The average molecular weight is 259 g/mol. The van der Waals surface area contributed by atoms with Crippen LogP contribution in [0.3, 0.4) is 0 Å². The van der Waals surface area contributed by atoms with Crippen LogP contribution in [0.5, 0.6) is 0 Å². The molecule has 0 saturated heterocycles. The van der Waals surface area contributed by atoms with Crippen LogP contribution < -0.4 is 5.32 Å². The lowest BCUT2D eigenvalue weighted by molar-refractivity contribution is -0.143. The fourth-order valence-corrected chi connectivity index (χ4v) is 2.54. The molecule has 1 aliphatic carbocycles. The van der Waals surface area contributed by atoms with Crippen molar-refractivity contribution in [2.45, 2.75) is 32.1 Å². The summed E-state index contributed by atoms with van der Waals surface area (Å²) in [6, 6.07) is 0. The number of carbonyl (C=O) groups is 2. The standard InChI is InChI=1S/C12H21NO3S/c1-17-7-6-11(14)13-8-9-2-4-10(5-3-9)12(15)16/h9-10H,2-8H2,1H3,(H,13,14)(H,15,16). The minimum Gasteiger partial charge on any atom is -0.481 e. The molecule has 0 aromatic carbocycles. The molecule has 1 aliphatic rings. The lowest BCUT2D eigenvalue weighted by atomic mass is 9.82. The van der Waals surface area contributed by atoms with Gasteiger partial charge in [-0.2, -0.15) is 11.8 Å². The van der Waals surface area contributed by atoms with Gasteiger partial charge in [-0.3, -0.25) is 9.59 Å². The van der Waals surface area contributed by atoms with Gasteiger partial charge in [-0.05, 0) is 37.9 Å². The van der Waals surface area contributed by atoms with Crippen LogP contribution in [0.15, 0.2) is 0 Å². The zero-order chi connectivity index (χ0) is 12.7. The zero-order valence-electron chi connectivity index (χ0n) is 10.3. The van der Waals surface area contributed by atoms with Gasteiger partial charge in [0.2, 0.25) is 5.91 Å². The molecule has 0 aromatic rings. The van der Waals surface area contributed by atoms with E-state index in [1.54, 1.807) is 11.8 Å². The Balaban J connectivity index is 2.14. The summed E-state index contributed by atoms with van der Waals surface area (Å²) < 4.78 is 0. The van der Waals surface area contributed by atoms with E-state index >= 15 is 0 Å². The monoisotopic (exact) mass is 259 g/mol. The SMILES string of the molecule is CSCCC(=O)NCC1CCC(C(=O)O)CC1. The van der Waals surface area contributed by atoms with Gasteiger partial charge in [-0.15, -0.1) is 0 Å². The summed E-state index contributed by atoms with van der Waals surface area (Å²) in [7, 11) is 0. The van der Waals surface area contributed by atoms with Crippen molar-refractivity contribution < 1.29 is 14.7 Å². The van der Waals surface area contributed by atoms with E-state index in [1.807, 2.05) is 6.26 Å². The summed E-state index contributed by atoms with van der Waals surface area (Å²) in [5.41, 5.74) is 0. The second kappa shape index (κ2) is 7.58. The van der Waals surface area contributed by atoms with Crippen molar-refractivity contribution in [1.82, 2.24) is 5.32 Å². The lowest BCUT2D eigenvalue weighted by Crippen LogP contribution is -2.32. The van der Waals surface area contributed by atoms with Gasteiger partial charge in [0.25, 0.3) is 0 Å². The number of carboxylic acids is 1. The van der Waals surface area contributed by atoms with Crippen LogP contribution in [0.25, 0.3) is 0 Å². The second-order valence-electron chi connectivity index (χ2n) is 4.60. The predicted octanol–water partition coefficient (Wildman–Crippen LogP) is 1.75. The van der Waals surface area contributed by atoms with Gasteiger partial charge >= 0.3 is 5.97 Å². The third-order valence-corrected chi connectivity index (χ3v) is 3.93. The van der Waals surface area contributed by atoms with E-state index in [0.29, 0.717) is 18.9 Å². The van der Waals surface area contributed by atoms with E-state index in [0.717, 1.165) is 31.4 Å². The molecule has 2 N–H and O–H groups in total. The van der Waals surface area contributed by atoms with E-state index < -0.39 is 5.97 Å². The minimum atomic E-state index is -0.674. The fourth-order valence-electron chi connectivity index (χ4n) is 2.15. The highest BCUT2D eigenvalue weighted by molar-refractivity contribution is 7.98. The van der Waals surface area contributed by atoms with Crippen LogP contribution in [0.2, 0.25) is 0 Å². The topological polar surface area (TPSA) is 66.4 Å². The fraction of sp³-hybridized carbons (Fsp3) is 0.833. The number of rotatable bonds is 6. The van der Waals surface area contributed by atoms with Gasteiger partial charge in [0.15, 0.2) is 0 Å². The number of hydrogen-bond donors (Lipinski definition) is 2. The maximum absolute atomic E-state index is 11.4. The number of nitrogens with one attached hydrogen (secondary N) is 1. The maximum Gasteiger partial charge on any atom is 0.306 e. The lowest BCUT2D eigenvalue weighted by Gasteiger charge is -2.26. The highest BCUT2D eigenvalue weighted by atomic mass is 32.2. The average Bonchev–Trinajstić information content (AvgIpc) is 2.34. The van der Waals surface area contributed by atoms with Crippen molar-refractivity contribution in [3.05, 3.63) is 0 Å². The Morgan fingerprint density at radius 1 is 1.29 bits per heavy atom. The predicted molar refractivity (Wildman–Crippen MR) is 69.1 cm³/mol. The molecule has 5 heteroatoms. The molecule has 0 atom stereocenters. The van der Waals surface area contributed by atoms with Crippen LogP contribution in [0, 0.1) is 11.8 Å². The molecular formula is C12H21NO3S. The van der Waals surface area contributed by atoms with Gasteiger partial charge in [-0.1, -0.05) is 0 Å². The Kier molecular flexibility index (Phi) is 6.40. The molecular weight excluding hydrogens is 238 g/mol. The molecule has 98 valence electrons. The molecule has 17 heavy (non-hydrogen) atoms. The van der Waals surface area contributed by atoms with Crippen molar-refractivity contribution in [2.75, 3.05) is 18.6 Å². The highest BCUT2D eigenvalue weighted by Gasteiger charge is 2.25. The van der Waals surface area contributed by atoms with Crippen molar-refractivity contribution in [3.8, 4) is 0 Å². The van der Waals surface area contributed by atoms with Crippen molar-refractivity contribution in [1.29, 1.82) is 0 Å². The van der Waals surface area contributed by atoms with E-state index in [1.165, 1.54) is 0 Å². The smallest absolute Gasteiger partial charge is 0.306 e. The molecule has 1 saturated carbocycles. The highest BCUT2D eigenvalue weighted by Crippen LogP contribution is 2.28. The molecule has 4 nitrogen and oxygen atoms in total. The summed E-state index contributed by atoms with van der Waals surface area (Å²) in [4.78, 5) is 22.2. The first-order valence-electron chi connectivity index (χ1n) is 6.12. The molecule has 0 heterocycles. The molecule has 1 fully saturated rings. The van der Waals surface area contributed by atoms with Crippen molar-refractivity contribution in [2.24, 2.45) is 11.8 Å². The number of hydrogen-bond acceptors (Lipinski definition) is 3. The molecule has 0 aromatic heterocycles. The van der Waals surface area contributed by atoms with Crippen molar-refractivity contribution in [3.63, 3.8) is 0 Å². The number of aliphatic carboxylic acids is 1. The summed E-state index contributed by atoms with van der Waals surface area (Å²) in [6.07, 6.45) is 5.90. The van der Waals surface area contributed by atoms with E-state index in [-0.39, 0.29) is 11.8 Å². The quantitative estimate of drug-likeness (QED) is 0.762. The third kappa shape index (κ3) is 5.44. The molecule has 0 bridgehead atoms. The second-order valence-corrected chi connectivity index (χ2v) is 5.59. The number of carbonyl (C=O) groups excluding carboxylic acids is 1. The number of carboxylic acid groups (broad SMARTS) is 1. The Bertz CT molecular complexity index is 262. The zero-order valence-corrected chi connectivity index (χ0v) is 11.1. The third-order valence-electron chi connectivity index (χ3n) is 3.32. The summed E-state index contributed by atoms with van der Waals surface area (Å²) >= 11 is 1.67. The van der Waals surface area contributed by atoms with Crippen LogP contribution in [0.4, 0.5) is 0 Å². The van der Waals surface area contributed by atoms with Gasteiger partial charge in [0.1, 0.15) is 0 Å². The molecule has 1 amide bonds. The molecule has 0 aliphatic heterocycles. The Labute approximate surface area is 107 Å². The molecule has 1 rings (SSSR count). The first kappa shape index (κ1) is 14.4. The van der Waals surface area contributed by atoms with Crippen LogP contribution in [0.1, 0.15) is 32.1 Å². The van der Waals surface area contributed by atoms with Gasteiger partial charge in [0, 0.05) is 18.7 Å². The Morgan fingerprint density at radius 2 is 1.94 bits per heavy atom. The van der Waals surface area contributed by atoms with Crippen molar-refractivity contribution >= 4 is 23.6 Å². The van der Waals surface area contributed by atoms with E-state index in [2.05, 4.69) is 5.32 Å². The Hall–Kier alpha value is -0.710. The minimum absolute atomic E-state index is 0.111. The summed E-state index contributed by atoms with van der Waals surface area (Å²) in [6.45, 7) is 0.708. The Morgan fingerprint density at radius 3 is 2.47 bits per heavy atom. The number of thioether (sulfide) groups is 1. The van der Waals surface area contributed by atoms with Crippen LogP contribution in [-0.4, -0.2) is 35.5 Å². The van der Waals surface area contributed by atoms with Gasteiger partial charge in [-0.25, -0.2) is 0 Å². The first-order valence-corrected chi connectivity index (χ1v) is 7.51. The molecule has 0 unspecified atom stereocenters. The maximum atomic E-state index is 11.4. The van der Waals surface area contributed by atoms with Crippen LogP contribution >= 0.6 is 11.8 Å². The number of amides is 1. The first-order chi connectivity index (χ1) is 8.13. The summed E-state index contributed by atoms with van der Waals surface area (Å²) in [5, 5.41) is 11.8. The molecule has 0 radical (unpaired) electrons. The van der Waals surface area contributed by atoms with E-state index in [9.17, 15) is 9.59 Å². The van der Waals surface area contributed by atoms with E-state index in [4.69, 9.17) is 5.11 Å². The summed E-state index contributed by atoms with van der Waals surface area (Å²) in [5.74, 6) is 0.590. The largest absolute Gasteiger partial charge is 0.481 e. The van der Waals surface area contributed by atoms with Gasteiger partial charge in [0.05, 0.1) is 5.92 Å². The molecule has 0 spiro atoms.